The molecule has 1 fully saturated rings. The minimum absolute atomic E-state index is 0.0827. The second-order valence-corrected chi connectivity index (χ2v) is 16.2. The number of hydrogen-bond donors (Lipinski definition) is 0. The summed E-state index contributed by atoms with van der Waals surface area (Å²) < 4.78 is 31.1. The standard InChI is InChI=1S/C36H46O5Si/c1-7-14-34-35(40-28(2)23-24-38-26-29-19-21-30(37-6)22-20-29)25-31(41-34)27-39-42(36(3,4)5,32-15-10-8-11-16-32)33-17-12-9-13-18-33/h7-13,15-22,31,34-35H,1-2,14,23-27H2,3-6H3/t31-,34+,35+/m0/s1. The Labute approximate surface area is 253 Å². The number of benzene rings is 3. The molecule has 6 heteroatoms. The summed E-state index contributed by atoms with van der Waals surface area (Å²) in [5, 5.41) is 2.44. The Kier molecular flexibility index (Phi) is 11.2. The smallest absolute Gasteiger partial charge is 0.261 e. The third-order valence-corrected chi connectivity index (χ3v) is 12.9. The molecule has 3 aromatic rings. The van der Waals surface area contributed by atoms with Gasteiger partial charge >= 0.3 is 0 Å². The molecule has 1 aliphatic rings. The fourth-order valence-corrected chi connectivity index (χ4v) is 10.3. The summed E-state index contributed by atoms with van der Waals surface area (Å²) in [5.74, 6) is 1.55. The largest absolute Gasteiger partial charge is 0.497 e. The number of hydrogen-bond acceptors (Lipinski definition) is 5. The number of methoxy groups -OCH3 is 1. The summed E-state index contributed by atoms with van der Waals surface area (Å²) in [6.45, 7) is 16.6. The molecular weight excluding hydrogens is 540 g/mol. The Balaban J connectivity index is 1.38. The van der Waals surface area contributed by atoms with Crippen LogP contribution in [0.4, 0.5) is 0 Å². The van der Waals surface area contributed by atoms with Gasteiger partial charge in [0.15, 0.2) is 0 Å². The van der Waals surface area contributed by atoms with Gasteiger partial charge in [-0.2, -0.15) is 0 Å². The fraction of sp³-hybridized carbons (Fsp3) is 0.389. The second-order valence-electron chi connectivity index (χ2n) is 11.9. The quantitative estimate of drug-likeness (QED) is 0.0847. The maximum Gasteiger partial charge on any atom is 0.261 e. The summed E-state index contributed by atoms with van der Waals surface area (Å²) in [4.78, 5) is 0. The normalized spacial score (nSPS) is 18.9. The van der Waals surface area contributed by atoms with Crippen LogP contribution in [0.2, 0.25) is 5.04 Å². The Morgan fingerprint density at radius 3 is 2.12 bits per heavy atom. The van der Waals surface area contributed by atoms with Crippen molar-refractivity contribution >= 4 is 18.7 Å². The first-order valence-corrected chi connectivity index (χ1v) is 16.7. The van der Waals surface area contributed by atoms with E-state index < -0.39 is 8.32 Å². The SMILES string of the molecule is C=CC[C@H]1O[C@H](CO[Si](c2ccccc2)(c2ccccc2)C(C)(C)C)C[C@H]1OC(=C)CCOCc1ccc(OC)cc1. The van der Waals surface area contributed by atoms with Crippen LogP contribution in [0, 0.1) is 0 Å². The summed E-state index contributed by atoms with van der Waals surface area (Å²) in [6.07, 6.45) is 3.69. The number of rotatable bonds is 15. The van der Waals surface area contributed by atoms with Crippen molar-refractivity contribution in [1.29, 1.82) is 0 Å². The highest BCUT2D eigenvalue weighted by Crippen LogP contribution is 2.38. The highest BCUT2D eigenvalue weighted by molar-refractivity contribution is 6.99. The molecule has 0 aliphatic carbocycles. The van der Waals surface area contributed by atoms with Crippen LogP contribution in [0.3, 0.4) is 0 Å². The van der Waals surface area contributed by atoms with Crippen molar-refractivity contribution < 1.29 is 23.4 Å². The van der Waals surface area contributed by atoms with Crippen LogP contribution in [0.5, 0.6) is 5.75 Å². The van der Waals surface area contributed by atoms with Gasteiger partial charge in [0.05, 0.1) is 44.9 Å². The highest BCUT2D eigenvalue weighted by atomic mass is 28.4. The first-order valence-electron chi connectivity index (χ1n) is 14.8. The zero-order valence-corrected chi connectivity index (χ0v) is 26.6. The molecule has 3 aromatic carbocycles. The van der Waals surface area contributed by atoms with Crippen LogP contribution in [-0.2, 0) is 25.2 Å². The van der Waals surface area contributed by atoms with Gasteiger partial charge < -0.3 is 23.4 Å². The minimum Gasteiger partial charge on any atom is -0.497 e. The second kappa shape index (κ2) is 14.8. The van der Waals surface area contributed by atoms with E-state index in [1.807, 2.05) is 30.3 Å². The molecule has 0 saturated carbocycles. The molecule has 1 aliphatic heterocycles. The van der Waals surface area contributed by atoms with Gasteiger partial charge in [0.25, 0.3) is 8.32 Å². The van der Waals surface area contributed by atoms with Crippen molar-refractivity contribution in [3.8, 4) is 5.75 Å². The van der Waals surface area contributed by atoms with E-state index in [2.05, 4.69) is 94.6 Å². The molecule has 3 atom stereocenters. The van der Waals surface area contributed by atoms with Gasteiger partial charge in [-0.25, -0.2) is 0 Å². The van der Waals surface area contributed by atoms with Gasteiger partial charge in [-0.15, -0.1) is 6.58 Å². The fourth-order valence-electron chi connectivity index (χ4n) is 5.75. The molecule has 1 heterocycles. The average molecular weight is 587 g/mol. The molecule has 0 amide bonds. The van der Waals surface area contributed by atoms with Crippen molar-refractivity contribution in [2.24, 2.45) is 0 Å². The molecule has 0 bridgehead atoms. The van der Waals surface area contributed by atoms with E-state index in [-0.39, 0.29) is 23.4 Å². The van der Waals surface area contributed by atoms with E-state index in [1.54, 1.807) is 7.11 Å². The Morgan fingerprint density at radius 2 is 1.57 bits per heavy atom. The summed E-state index contributed by atoms with van der Waals surface area (Å²) in [7, 11) is -0.984. The van der Waals surface area contributed by atoms with Crippen molar-refractivity contribution in [2.45, 2.75) is 70.0 Å². The van der Waals surface area contributed by atoms with Crippen molar-refractivity contribution in [2.75, 3.05) is 20.3 Å². The predicted octanol–water partition coefficient (Wildman–Crippen LogP) is 6.81. The van der Waals surface area contributed by atoms with Gasteiger partial charge in [-0.3, -0.25) is 0 Å². The lowest BCUT2D eigenvalue weighted by atomic mass is 10.1. The Morgan fingerprint density at radius 1 is 0.952 bits per heavy atom. The Bertz CT molecular complexity index is 1210. The van der Waals surface area contributed by atoms with Crippen molar-refractivity contribution in [3.63, 3.8) is 0 Å². The van der Waals surface area contributed by atoms with E-state index in [1.165, 1.54) is 10.4 Å². The van der Waals surface area contributed by atoms with E-state index in [9.17, 15) is 0 Å². The monoisotopic (exact) mass is 586 g/mol. The molecule has 0 aromatic heterocycles. The van der Waals surface area contributed by atoms with E-state index >= 15 is 0 Å². The molecule has 1 saturated heterocycles. The van der Waals surface area contributed by atoms with E-state index in [0.717, 1.165) is 17.7 Å². The van der Waals surface area contributed by atoms with Crippen LogP contribution < -0.4 is 15.1 Å². The molecule has 4 rings (SSSR count). The van der Waals surface area contributed by atoms with Crippen LogP contribution in [0.1, 0.15) is 45.6 Å². The molecule has 0 unspecified atom stereocenters. The first-order chi connectivity index (χ1) is 20.3. The molecule has 0 spiro atoms. The Hall–Kier alpha value is -3.16. The van der Waals surface area contributed by atoms with E-state index in [4.69, 9.17) is 23.4 Å². The topological polar surface area (TPSA) is 46.2 Å². The predicted molar refractivity (Wildman–Crippen MR) is 173 cm³/mol. The molecule has 5 nitrogen and oxygen atoms in total. The molecule has 224 valence electrons. The molecular formula is C36H46O5Si. The maximum atomic E-state index is 7.15. The van der Waals surface area contributed by atoms with Gasteiger partial charge in [-0.1, -0.05) is 106 Å². The molecule has 42 heavy (non-hydrogen) atoms. The molecule has 0 N–H and O–H groups in total. The lowest BCUT2D eigenvalue weighted by Crippen LogP contribution is -2.67. The third-order valence-electron chi connectivity index (χ3n) is 7.85. The zero-order chi connectivity index (χ0) is 30.0. The number of ether oxygens (including phenoxy) is 4. The van der Waals surface area contributed by atoms with Crippen LogP contribution in [0.15, 0.2) is 110 Å². The lowest BCUT2D eigenvalue weighted by molar-refractivity contribution is -0.0148. The highest BCUT2D eigenvalue weighted by Gasteiger charge is 2.51. The van der Waals surface area contributed by atoms with Gasteiger partial charge in [0.1, 0.15) is 11.9 Å². The maximum absolute atomic E-state index is 7.15. The van der Waals surface area contributed by atoms with Crippen LogP contribution in [-0.4, -0.2) is 47.0 Å². The van der Waals surface area contributed by atoms with E-state index in [0.29, 0.717) is 38.4 Å². The summed E-state index contributed by atoms with van der Waals surface area (Å²) in [6, 6.07) is 29.3. The van der Waals surface area contributed by atoms with Crippen molar-refractivity contribution in [1.82, 2.24) is 0 Å². The van der Waals surface area contributed by atoms with Crippen LogP contribution >= 0.6 is 0 Å². The minimum atomic E-state index is -2.65. The third kappa shape index (κ3) is 7.81. The van der Waals surface area contributed by atoms with Gasteiger partial charge in [0.2, 0.25) is 0 Å². The van der Waals surface area contributed by atoms with Gasteiger partial charge in [-0.05, 0) is 39.5 Å². The summed E-state index contributed by atoms with van der Waals surface area (Å²) in [5.41, 5.74) is 1.10. The summed E-state index contributed by atoms with van der Waals surface area (Å²) >= 11 is 0. The van der Waals surface area contributed by atoms with Gasteiger partial charge in [0, 0.05) is 12.8 Å². The molecule has 0 radical (unpaired) electrons. The zero-order valence-electron chi connectivity index (χ0n) is 25.6. The van der Waals surface area contributed by atoms with Crippen LogP contribution in [0.25, 0.3) is 0 Å². The lowest BCUT2D eigenvalue weighted by Gasteiger charge is -2.43. The average Bonchev–Trinajstić information content (AvgIpc) is 3.37. The van der Waals surface area contributed by atoms with Crippen molar-refractivity contribution in [3.05, 3.63) is 115 Å². The first kappa shape index (κ1) is 31.8.